The first-order chi connectivity index (χ1) is 17.0. The van der Waals surface area contributed by atoms with Crippen LogP contribution in [0.3, 0.4) is 0 Å². The zero-order valence-electron chi connectivity index (χ0n) is 20.8. The number of quaternary nitrogens is 1. The minimum absolute atomic E-state index is 0.0285. The summed E-state index contributed by atoms with van der Waals surface area (Å²) in [5.74, 6) is -2.98. The van der Waals surface area contributed by atoms with E-state index in [1.807, 2.05) is 6.92 Å². The number of likely N-dealkylation sites (N-methyl/N-ethyl adjacent to an activating group) is 2. The molecule has 1 aromatic heterocycles. The van der Waals surface area contributed by atoms with Crippen LogP contribution in [0.4, 0.5) is 4.39 Å². The molecule has 1 saturated carbocycles. The first-order valence-corrected chi connectivity index (χ1v) is 12.0. The van der Waals surface area contributed by atoms with E-state index in [2.05, 4.69) is 10.3 Å². The number of aromatic hydroxyl groups is 1. The fourth-order valence-corrected chi connectivity index (χ4v) is 5.34. The summed E-state index contributed by atoms with van der Waals surface area (Å²) in [6.45, 7) is 1.89. The number of carbonyl (C=O) groups excluding carboxylic acids is 3. The van der Waals surface area contributed by atoms with Crippen molar-refractivity contribution < 1.29 is 28.8 Å². The van der Waals surface area contributed by atoms with Crippen molar-refractivity contribution in [1.29, 1.82) is 0 Å². The highest BCUT2D eigenvalue weighted by Crippen LogP contribution is 2.49. The fourth-order valence-electron chi connectivity index (χ4n) is 5.34. The maximum absolute atomic E-state index is 13.4. The number of amides is 3. The molecule has 36 heavy (non-hydrogen) atoms. The van der Waals surface area contributed by atoms with E-state index in [1.54, 1.807) is 14.1 Å². The Kier molecular flexibility index (Phi) is 6.70. The molecule has 2 bridgehead atoms. The molecular formula is C25H31FN5O5+. The maximum atomic E-state index is 13.4. The number of hydrogen-bond donors (Lipinski definition) is 3. The normalized spacial score (nSPS) is 22.6. The Hall–Kier alpha value is -3.60. The number of nitrogens with one attached hydrogen (secondary N) is 2. The average molecular weight is 501 g/mol. The fraction of sp³-hybridized carbons (Fsp3) is 0.480. The Morgan fingerprint density at radius 3 is 2.42 bits per heavy atom. The highest BCUT2D eigenvalue weighted by molar-refractivity contribution is 6.31. The van der Waals surface area contributed by atoms with E-state index in [-0.39, 0.29) is 24.3 Å². The third-order valence-electron chi connectivity index (χ3n) is 7.63. The van der Waals surface area contributed by atoms with E-state index in [9.17, 15) is 28.7 Å². The van der Waals surface area contributed by atoms with E-state index in [0.29, 0.717) is 36.1 Å². The van der Waals surface area contributed by atoms with E-state index >= 15 is 0 Å². The molecule has 192 valence electrons. The molecule has 3 aliphatic rings. The van der Waals surface area contributed by atoms with Crippen LogP contribution >= 0.6 is 0 Å². The van der Waals surface area contributed by atoms with Crippen LogP contribution in [0.15, 0.2) is 29.1 Å². The molecule has 1 unspecified atom stereocenters. The molecule has 0 radical (unpaired) electrons. The van der Waals surface area contributed by atoms with E-state index in [0.717, 1.165) is 0 Å². The summed E-state index contributed by atoms with van der Waals surface area (Å²) in [6.07, 6.45) is 2.32. The molecule has 2 aliphatic heterocycles. The molecular weight excluding hydrogens is 469 g/mol. The molecule has 1 atom stereocenters. The first-order valence-electron chi connectivity index (χ1n) is 12.0. The smallest absolute Gasteiger partial charge is 0.401 e. The van der Waals surface area contributed by atoms with Crippen LogP contribution in [0.5, 0.6) is 5.75 Å². The van der Waals surface area contributed by atoms with Crippen molar-refractivity contribution in [3.05, 3.63) is 57.5 Å². The monoisotopic (exact) mass is 500 g/mol. The molecule has 3 amide bonds. The lowest BCUT2D eigenvalue weighted by Crippen LogP contribution is -3.10. The number of fused-ring (bicyclic) bond motifs is 2. The number of aromatic nitrogens is 2. The van der Waals surface area contributed by atoms with Gasteiger partial charge in [-0.3, -0.25) is 23.9 Å². The van der Waals surface area contributed by atoms with Gasteiger partial charge in [-0.05, 0) is 56.2 Å². The van der Waals surface area contributed by atoms with Crippen molar-refractivity contribution in [2.75, 3.05) is 21.1 Å². The van der Waals surface area contributed by atoms with Gasteiger partial charge in [-0.15, -0.1) is 0 Å². The van der Waals surface area contributed by atoms with Crippen LogP contribution in [0.2, 0.25) is 0 Å². The second-order valence-corrected chi connectivity index (χ2v) is 9.92. The van der Waals surface area contributed by atoms with Crippen LogP contribution < -0.4 is 15.8 Å². The summed E-state index contributed by atoms with van der Waals surface area (Å²) in [4.78, 5) is 58.3. The van der Waals surface area contributed by atoms with E-state index in [1.165, 1.54) is 40.8 Å². The minimum atomic E-state index is -1.08. The van der Waals surface area contributed by atoms with Crippen LogP contribution in [0, 0.1) is 11.7 Å². The second-order valence-electron chi connectivity index (χ2n) is 9.92. The lowest BCUT2D eigenvalue weighted by Gasteiger charge is -2.43. The van der Waals surface area contributed by atoms with Gasteiger partial charge in [0.25, 0.3) is 11.5 Å². The highest BCUT2D eigenvalue weighted by Gasteiger charge is 2.52. The number of halogens is 1. The van der Waals surface area contributed by atoms with Crippen LogP contribution in [-0.4, -0.2) is 58.4 Å². The van der Waals surface area contributed by atoms with Gasteiger partial charge in [0.05, 0.1) is 14.1 Å². The Morgan fingerprint density at radius 2 is 1.83 bits per heavy atom. The molecule has 3 N–H and O–H groups in total. The summed E-state index contributed by atoms with van der Waals surface area (Å²) in [6, 6.07) is 5.22. The first kappa shape index (κ1) is 25.5. The molecule has 0 saturated heterocycles. The Labute approximate surface area is 207 Å². The van der Waals surface area contributed by atoms with E-state index < -0.39 is 46.1 Å². The second kappa shape index (κ2) is 9.45. The number of rotatable bonds is 4. The molecule has 1 aromatic carbocycles. The van der Waals surface area contributed by atoms with Crippen molar-refractivity contribution >= 4 is 17.7 Å². The Balaban J connectivity index is 1.78. The number of nitrogens with zero attached hydrogens (tertiary/aromatic N) is 3. The molecule has 0 spiro atoms. The Morgan fingerprint density at radius 1 is 1.22 bits per heavy atom. The van der Waals surface area contributed by atoms with Crippen molar-refractivity contribution in [1.82, 2.24) is 19.8 Å². The summed E-state index contributed by atoms with van der Waals surface area (Å²) >= 11 is 0. The standard InChI is InChI=1S/C25H30FN5O5/c1-14-16-9-11-25(12-10-16,30(4)23(36)22(35)29(2)3)24-28-18(19(32)21(34)31(14)24)20(33)27-13-15-5-7-17(26)8-6-15/h5-8,14,16,32H,9-13H2,1-4H3,(H,27,33)/p+1. The Bertz CT molecular complexity index is 1260. The summed E-state index contributed by atoms with van der Waals surface area (Å²) in [5, 5.41) is 13.3. The van der Waals surface area contributed by atoms with Gasteiger partial charge in [-0.1, -0.05) is 12.1 Å². The molecule has 3 heterocycles. The average Bonchev–Trinajstić information content (AvgIpc) is 3.06. The lowest BCUT2D eigenvalue weighted by atomic mass is 9.75. The molecule has 10 nitrogen and oxygen atoms in total. The van der Waals surface area contributed by atoms with Gasteiger partial charge in [0.2, 0.25) is 5.75 Å². The predicted molar refractivity (Wildman–Crippen MR) is 127 cm³/mol. The van der Waals surface area contributed by atoms with Crippen LogP contribution in [-0.2, 0) is 21.7 Å². The third kappa shape index (κ3) is 4.17. The van der Waals surface area contributed by atoms with Gasteiger partial charge < -0.3 is 15.3 Å². The van der Waals surface area contributed by atoms with Gasteiger partial charge in [-0.2, -0.15) is 0 Å². The van der Waals surface area contributed by atoms with Crippen LogP contribution in [0.1, 0.15) is 60.5 Å². The molecule has 2 aromatic rings. The van der Waals surface area contributed by atoms with Crippen LogP contribution in [0.25, 0.3) is 0 Å². The van der Waals surface area contributed by atoms with Crippen molar-refractivity contribution in [2.24, 2.45) is 5.92 Å². The SMILES string of the molecule is CC1C2CCC(N(C)C(=O)C(=O)[NH+](C)C)(CC2)c2nc(C(=O)NCc3ccc(F)cc3)c(O)c(=O)n21. The number of carbonyl (C=O) groups is 3. The molecule has 1 aliphatic carbocycles. The lowest BCUT2D eigenvalue weighted by molar-refractivity contribution is -0.771. The van der Waals surface area contributed by atoms with Gasteiger partial charge >= 0.3 is 11.8 Å². The largest absolute Gasteiger partial charge is 0.501 e. The van der Waals surface area contributed by atoms with Gasteiger partial charge in [0.15, 0.2) is 5.69 Å². The van der Waals surface area contributed by atoms with Crippen molar-refractivity contribution in [3.8, 4) is 5.75 Å². The zero-order chi connectivity index (χ0) is 26.4. The topological polar surface area (TPSA) is 126 Å². The predicted octanol–water partition coefficient (Wildman–Crippen LogP) is 0.108. The minimum Gasteiger partial charge on any atom is -0.501 e. The molecule has 11 heteroatoms. The quantitative estimate of drug-likeness (QED) is 0.512. The van der Waals surface area contributed by atoms with E-state index in [4.69, 9.17) is 0 Å². The summed E-state index contributed by atoms with van der Waals surface area (Å²) in [5.41, 5.74) is -1.67. The number of benzene rings is 1. The maximum Gasteiger partial charge on any atom is 0.401 e. The summed E-state index contributed by atoms with van der Waals surface area (Å²) in [7, 11) is 4.66. The third-order valence-corrected chi connectivity index (χ3v) is 7.63. The zero-order valence-corrected chi connectivity index (χ0v) is 20.8. The van der Waals surface area contributed by atoms with Crippen molar-refractivity contribution in [2.45, 2.75) is 50.7 Å². The van der Waals surface area contributed by atoms with Gasteiger partial charge in [-0.25, -0.2) is 14.2 Å². The van der Waals surface area contributed by atoms with Gasteiger partial charge in [0, 0.05) is 19.6 Å². The highest BCUT2D eigenvalue weighted by atomic mass is 19.1. The van der Waals surface area contributed by atoms with Crippen molar-refractivity contribution in [3.63, 3.8) is 0 Å². The summed E-state index contributed by atoms with van der Waals surface area (Å²) < 4.78 is 14.6. The molecule has 1 fully saturated rings. The molecule has 5 rings (SSSR count). The number of hydrogen-bond acceptors (Lipinski definition) is 6. The van der Waals surface area contributed by atoms with Gasteiger partial charge in [0.1, 0.15) is 17.2 Å².